The van der Waals surface area contributed by atoms with Crippen LogP contribution in [0.5, 0.6) is 5.75 Å². The molecule has 1 N–H and O–H groups in total. The molecule has 2 aromatic rings. The number of methoxy groups -OCH3 is 1. The number of benzene rings is 1. The maximum Gasteiger partial charge on any atom is 0.143 e. The number of rotatable bonds is 4. The van der Waals surface area contributed by atoms with Crippen molar-refractivity contribution in [3.05, 3.63) is 41.3 Å². The van der Waals surface area contributed by atoms with Crippen molar-refractivity contribution in [3.63, 3.8) is 0 Å². The predicted octanol–water partition coefficient (Wildman–Crippen LogP) is 2.40. The second-order valence-corrected chi connectivity index (χ2v) is 4.21. The summed E-state index contributed by atoms with van der Waals surface area (Å²) < 4.78 is 5.31. The maximum absolute atomic E-state index is 9.40. The minimum atomic E-state index is -0.228. The van der Waals surface area contributed by atoms with Gasteiger partial charge in [0.05, 0.1) is 25.0 Å². The molecule has 0 bridgehead atoms. The third kappa shape index (κ3) is 2.62. The first-order valence-electron chi connectivity index (χ1n) is 5.66. The van der Waals surface area contributed by atoms with Gasteiger partial charge in [0, 0.05) is 7.05 Å². The Kier molecular flexibility index (Phi) is 4.19. The van der Waals surface area contributed by atoms with Gasteiger partial charge in [-0.05, 0) is 12.1 Å². The molecule has 100 valence electrons. The second kappa shape index (κ2) is 5.86. The topological polar surface area (TPSA) is 58.5 Å². The molecule has 6 heteroatoms. The van der Waals surface area contributed by atoms with Gasteiger partial charge in [0.2, 0.25) is 0 Å². The van der Waals surface area contributed by atoms with E-state index in [2.05, 4.69) is 9.97 Å². The van der Waals surface area contributed by atoms with Crippen molar-refractivity contribution >= 4 is 23.1 Å². The van der Waals surface area contributed by atoms with Gasteiger partial charge in [-0.25, -0.2) is 9.97 Å². The first-order chi connectivity index (χ1) is 9.19. The number of hydrogen-bond donors (Lipinski definition) is 1. The molecule has 0 unspecified atom stereocenters. The number of aliphatic hydroxyl groups is 1. The van der Waals surface area contributed by atoms with E-state index in [0.29, 0.717) is 17.1 Å². The van der Waals surface area contributed by atoms with Gasteiger partial charge in [0.25, 0.3) is 0 Å². The molecular formula is C13H14ClN3O2. The lowest BCUT2D eigenvalue weighted by atomic mass is 10.2. The Labute approximate surface area is 116 Å². The Morgan fingerprint density at radius 3 is 2.74 bits per heavy atom. The van der Waals surface area contributed by atoms with Crippen molar-refractivity contribution in [2.24, 2.45) is 0 Å². The van der Waals surface area contributed by atoms with Gasteiger partial charge in [-0.1, -0.05) is 23.7 Å². The molecule has 0 saturated heterocycles. The lowest BCUT2D eigenvalue weighted by molar-refractivity contribution is 0.281. The summed E-state index contributed by atoms with van der Waals surface area (Å²) in [6.07, 6.45) is 1.36. The van der Waals surface area contributed by atoms with Crippen LogP contribution in [-0.2, 0) is 6.61 Å². The number of aromatic nitrogens is 2. The van der Waals surface area contributed by atoms with Gasteiger partial charge >= 0.3 is 0 Å². The maximum atomic E-state index is 9.40. The van der Waals surface area contributed by atoms with E-state index in [1.54, 1.807) is 12.0 Å². The summed E-state index contributed by atoms with van der Waals surface area (Å²) >= 11 is 5.97. The van der Waals surface area contributed by atoms with Crippen LogP contribution in [0.25, 0.3) is 0 Å². The van der Waals surface area contributed by atoms with Crippen LogP contribution in [-0.4, -0.2) is 29.2 Å². The lowest BCUT2D eigenvalue weighted by Gasteiger charge is -2.22. The molecule has 0 radical (unpaired) electrons. The van der Waals surface area contributed by atoms with Crippen molar-refractivity contribution in [2.75, 3.05) is 19.1 Å². The molecule has 19 heavy (non-hydrogen) atoms. The molecule has 0 saturated carbocycles. The van der Waals surface area contributed by atoms with E-state index in [9.17, 15) is 5.11 Å². The molecule has 1 aromatic carbocycles. The molecule has 0 atom stereocenters. The third-order valence-electron chi connectivity index (χ3n) is 2.79. The molecule has 0 aliphatic carbocycles. The highest BCUT2D eigenvalue weighted by Gasteiger charge is 2.16. The van der Waals surface area contributed by atoms with E-state index in [1.807, 2.05) is 31.3 Å². The summed E-state index contributed by atoms with van der Waals surface area (Å²) in [5.74, 6) is 1.26. The fourth-order valence-electron chi connectivity index (χ4n) is 1.83. The van der Waals surface area contributed by atoms with Crippen molar-refractivity contribution in [2.45, 2.75) is 6.61 Å². The molecule has 2 rings (SSSR count). The Bertz CT molecular complexity index is 578. The van der Waals surface area contributed by atoms with Crippen molar-refractivity contribution in [3.8, 4) is 5.75 Å². The number of anilines is 2. The molecule has 0 aliphatic rings. The van der Waals surface area contributed by atoms with E-state index >= 15 is 0 Å². The summed E-state index contributed by atoms with van der Waals surface area (Å²) in [5.41, 5.74) is 1.31. The number of aliphatic hydroxyl groups excluding tert-OH is 1. The van der Waals surface area contributed by atoms with E-state index in [1.165, 1.54) is 6.33 Å². The van der Waals surface area contributed by atoms with Crippen molar-refractivity contribution in [1.82, 2.24) is 9.97 Å². The summed E-state index contributed by atoms with van der Waals surface area (Å²) in [6.45, 7) is -0.228. The van der Waals surface area contributed by atoms with Crippen LogP contribution in [0.4, 0.5) is 11.5 Å². The van der Waals surface area contributed by atoms with Gasteiger partial charge < -0.3 is 14.7 Å². The van der Waals surface area contributed by atoms with Crippen LogP contribution < -0.4 is 9.64 Å². The zero-order valence-corrected chi connectivity index (χ0v) is 11.4. The zero-order valence-electron chi connectivity index (χ0n) is 10.7. The molecule has 0 fully saturated rings. The summed E-state index contributed by atoms with van der Waals surface area (Å²) in [7, 11) is 3.43. The van der Waals surface area contributed by atoms with Crippen LogP contribution >= 0.6 is 11.6 Å². The van der Waals surface area contributed by atoms with Crippen molar-refractivity contribution < 1.29 is 9.84 Å². The quantitative estimate of drug-likeness (QED) is 0.871. The molecular weight excluding hydrogens is 266 g/mol. The minimum absolute atomic E-state index is 0.228. The third-order valence-corrected chi connectivity index (χ3v) is 3.12. The lowest BCUT2D eigenvalue weighted by Crippen LogP contribution is -2.15. The Balaban J connectivity index is 2.50. The normalized spacial score (nSPS) is 10.3. The highest BCUT2D eigenvalue weighted by atomic mass is 35.5. The van der Waals surface area contributed by atoms with Gasteiger partial charge in [-0.3, -0.25) is 0 Å². The number of halogens is 1. The molecule has 0 amide bonds. The number of ether oxygens (including phenoxy) is 1. The Morgan fingerprint density at radius 2 is 2.05 bits per heavy atom. The van der Waals surface area contributed by atoms with Gasteiger partial charge in [0.1, 0.15) is 23.0 Å². The van der Waals surface area contributed by atoms with E-state index < -0.39 is 0 Å². The smallest absolute Gasteiger partial charge is 0.143 e. The standard InChI is InChI=1S/C13H14ClN3O2/c1-17(10-5-3-4-6-11(10)19-2)13-9(7-18)12(14)15-8-16-13/h3-6,8,18H,7H2,1-2H3. The van der Waals surface area contributed by atoms with Gasteiger partial charge in [-0.15, -0.1) is 0 Å². The zero-order chi connectivity index (χ0) is 13.8. The van der Waals surface area contributed by atoms with Crippen LogP contribution in [0.1, 0.15) is 5.56 Å². The molecule has 1 aromatic heterocycles. The molecule has 5 nitrogen and oxygen atoms in total. The Morgan fingerprint density at radius 1 is 1.32 bits per heavy atom. The van der Waals surface area contributed by atoms with Crippen LogP contribution in [0, 0.1) is 0 Å². The minimum Gasteiger partial charge on any atom is -0.495 e. The number of para-hydroxylation sites is 2. The van der Waals surface area contributed by atoms with Crippen LogP contribution in [0.2, 0.25) is 5.15 Å². The number of hydrogen-bond acceptors (Lipinski definition) is 5. The fraction of sp³-hybridized carbons (Fsp3) is 0.231. The summed E-state index contributed by atoms with van der Waals surface area (Å²) in [4.78, 5) is 9.85. The van der Waals surface area contributed by atoms with Gasteiger partial charge in [0.15, 0.2) is 0 Å². The average Bonchev–Trinajstić information content (AvgIpc) is 2.46. The van der Waals surface area contributed by atoms with Crippen LogP contribution in [0.15, 0.2) is 30.6 Å². The highest BCUT2D eigenvalue weighted by Crippen LogP contribution is 2.33. The first-order valence-corrected chi connectivity index (χ1v) is 6.03. The Hall–Kier alpha value is -1.85. The van der Waals surface area contributed by atoms with Gasteiger partial charge in [-0.2, -0.15) is 0 Å². The summed E-state index contributed by atoms with van der Waals surface area (Å²) in [5, 5.41) is 9.64. The van der Waals surface area contributed by atoms with E-state index in [-0.39, 0.29) is 11.8 Å². The first kappa shape index (κ1) is 13.6. The monoisotopic (exact) mass is 279 g/mol. The molecule has 0 spiro atoms. The van der Waals surface area contributed by atoms with Crippen LogP contribution in [0.3, 0.4) is 0 Å². The molecule has 1 heterocycles. The second-order valence-electron chi connectivity index (χ2n) is 3.86. The average molecular weight is 280 g/mol. The largest absolute Gasteiger partial charge is 0.495 e. The fourth-order valence-corrected chi connectivity index (χ4v) is 2.02. The number of nitrogens with zero attached hydrogens (tertiary/aromatic N) is 3. The SMILES string of the molecule is COc1ccccc1N(C)c1ncnc(Cl)c1CO. The molecule has 0 aliphatic heterocycles. The van der Waals surface area contributed by atoms with E-state index in [4.69, 9.17) is 16.3 Å². The predicted molar refractivity (Wildman–Crippen MR) is 74.0 cm³/mol. The highest BCUT2D eigenvalue weighted by molar-refractivity contribution is 6.30. The summed E-state index contributed by atoms with van der Waals surface area (Å²) in [6, 6.07) is 7.54. The van der Waals surface area contributed by atoms with Crippen molar-refractivity contribution in [1.29, 1.82) is 0 Å². The van der Waals surface area contributed by atoms with E-state index in [0.717, 1.165) is 5.69 Å².